The fourth-order valence-corrected chi connectivity index (χ4v) is 4.84. The maximum atomic E-state index is 12.3. The smallest absolute Gasteiger partial charge is 0.335 e. The molecule has 29 heavy (non-hydrogen) atoms. The van der Waals surface area contributed by atoms with Crippen LogP contribution in [0.4, 0.5) is 0 Å². The van der Waals surface area contributed by atoms with E-state index in [1.807, 2.05) is 57.8 Å². The van der Waals surface area contributed by atoms with Crippen LogP contribution < -0.4 is 0 Å². The van der Waals surface area contributed by atoms with Gasteiger partial charge in [0, 0.05) is 53.8 Å². The van der Waals surface area contributed by atoms with Crippen molar-refractivity contribution in [2.24, 2.45) is 0 Å². The van der Waals surface area contributed by atoms with E-state index in [-0.39, 0.29) is 5.56 Å². The number of rotatable bonds is 6. The summed E-state index contributed by atoms with van der Waals surface area (Å²) in [4.78, 5) is 25.8. The molecule has 2 aromatic carbocycles. The molecule has 0 unspecified atom stereocenters. The van der Waals surface area contributed by atoms with Crippen LogP contribution in [-0.4, -0.2) is 56.2 Å². The number of carboxylic acid groups (broad SMARTS) is 2. The third-order valence-corrected chi connectivity index (χ3v) is 6.24. The van der Waals surface area contributed by atoms with Crippen LogP contribution in [0.1, 0.15) is 27.5 Å². The molecule has 0 spiro atoms. The van der Waals surface area contributed by atoms with E-state index in [1.165, 1.54) is 0 Å². The summed E-state index contributed by atoms with van der Waals surface area (Å²) in [6.07, 6.45) is 1.88. The molecule has 0 radical (unpaired) electrons. The van der Waals surface area contributed by atoms with E-state index < -0.39 is 18.0 Å². The predicted molar refractivity (Wildman–Crippen MR) is 114 cm³/mol. The third kappa shape index (κ3) is 4.02. The zero-order chi connectivity index (χ0) is 20.4. The number of aromatic nitrogens is 1. The molecule has 0 aliphatic carbocycles. The molecule has 1 aliphatic heterocycles. The van der Waals surface area contributed by atoms with Crippen molar-refractivity contribution in [1.82, 2.24) is 9.47 Å². The Morgan fingerprint density at radius 2 is 1.76 bits per heavy atom. The van der Waals surface area contributed by atoms with Crippen LogP contribution in [0.15, 0.2) is 54.7 Å². The number of aliphatic carboxylic acids is 1. The fourth-order valence-electron chi connectivity index (χ4n) is 3.91. The summed E-state index contributed by atoms with van der Waals surface area (Å²) >= 11 is 1.82. The van der Waals surface area contributed by atoms with Crippen LogP contribution in [0.3, 0.4) is 0 Å². The number of hydrogen-bond acceptors (Lipinski definition) is 4. The molecular formula is C22H22N2O4S. The first kappa shape index (κ1) is 19.5. The molecule has 2 heterocycles. The van der Waals surface area contributed by atoms with Crippen molar-refractivity contribution >= 4 is 34.6 Å². The van der Waals surface area contributed by atoms with E-state index in [9.17, 15) is 19.8 Å². The van der Waals surface area contributed by atoms with Gasteiger partial charge in [-0.15, -0.1) is 0 Å². The van der Waals surface area contributed by atoms with Crippen LogP contribution in [0.2, 0.25) is 0 Å². The molecule has 0 saturated carbocycles. The summed E-state index contributed by atoms with van der Waals surface area (Å²) in [7, 11) is 0. The highest BCUT2D eigenvalue weighted by Gasteiger charge is 2.31. The molecule has 2 N–H and O–H groups in total. The van der Waals surface area contributed by atoms with Gasteiger partial charge in [0.2, 0.25) is 0 Å². The van der Waals surface area contributed by atoms with Crippen LogP contribution in [0, 0.1) is 0 Å². The van der Waals surface area contributed by atoms with Crippen molar-refractivity contribution in [3.63, 3.8) is 0 Å². The number of carboxylic acids is 2. The number of carbonyl (C=O) groups is 2. The number of nitrogens with zero attached hydrogens (tertiary/aromatic N) is 2. The highest BCUT2D eigenvalue weighted by atomic mass is 32.2. The summed E-state index contributed by atoms with van der Waals surface area (Å²) in [6.45, 7) is 1.99. The van der Waals surface area contributed by atoms with Crippen LogP contribution in [-0.2, 0) is 11.3 Å². The zero-order valence-electron chi connectivity index (χ0n) is 15.8. The molecule has 150 valence electrons. The van der Waals surface area contributed by atoms with Gasteiger partial charge in [0.1, 0.15) is 6.04 Å². The molecule has 3 aromatic rings. The van der Waals surface area contributed by atoms with Crippen molar-refractivity contribution in [2.45, 2.75) is 12.6 Å². The van der Waals surface area contributed by atoms with Crippen LogP contribution in [0.25, 0.3) is 10.9 Å². The molecule has 1 saturated heterocycles. The molecule has 0 bridgehead atoms. The van der Waals surface area contributed by atoms with Gasteiger partial charge in [0.15, 0.2) is 0 Å². The first-order valence-corrected chi connectivity index (χ1v) is 10.6. The minimum atomic E-state index is -1.02. The summed E-state index contributed by atoms with van der Waals surface area (Å²) < 4.78 is 2.01. The first-order valence-electron chi connectivity index (χ1n) is 9.49. The Morgan fingerprint density at radius 1 is 1.03 bits per heavy atom. The number of aromatic carboxylic acids is 1. The summed E-state index contributed by atoms with van der Waals surface area (Å²) in [6, 6.07) is 14.1. The van der Waals surface area contributed by atoms with Gasteiger partial charge in [0.25, 0.3) is 0 Å². The average molecular weight is 410 g/mol. The van der Waals surface area contributed by atoms with E-state index in [1.54, 1.807) is 18.2 Å². The van der Waals surface area contributed by atoms with Gasteiger partial charge in [0.05, 0.1) is 5.56 Å². The Morgan fingerprint density at radius 3 is 2.41 bits per heavy atom. The topological polar surface area (TPSA) is 82.8 Å². The molecule has 1 aromatic heterocycles. The van der Waals surface area contributed by atoms with Crippen LogP contribution >= 0.6 is 11.8 Å². The SMILES string of the molecule is O=C(O)c1ccc2c(c1)c([C@H](C(=O)O)N1CCSCC1)cn2Cc1ccccc1. The van der Waals surface area contributed by atoms with E-state index in [0.717, 1.165) is 22.6 Å². The minimum absolute atomic E-state index is 0.162. The highest BCUT2D eigenvalue weighted by molar-refractivity contribution is 7.99. The van der Waals surface area contributed by atoms with Gasteiger partial charge in [-0.3, -0.25) is 9.69 Å². The maximum absolute atomic E-state index is 12.3. The van der Waals surface area contributed by atoms with Crippen molar-refractivity contribution in [1.29, 1.82) is 0 Å². The Kier molecular flexibility index (Phi) is 5.60. The number of thioether (sulfide) groups is 1. The number of fused-ring (bicyclic) bond motifs is 1. The van der Waals surface area contributed by atoms with Crippen LogP contribution in [0.5, 0.6) is 0 Å². The van der Waals surface area contributed by atoms with E-state index in [4.69, 9.17) is 0 Å². The summed E-state index contributed by atoms with van der Waals surface area (Å²) in [5, 5.41) is 20.2. The van der Waals surface area contributed by atoms with Crippen molar-refractivity contribution < 1.29 is 19.8 Å². The third-order valence-electron chi connectivity index (χ3n) is 5.29. The largest absolute Gasteiger partial charge is 0.480 e. The van der Waals surface area contributed by atoms with Gasteiger partial charge in [-0.05, 0) is 23.8 Å². The minimum Gasteiger partial charge on any atom is -0.480 e. The first-order chi connectivity index (χ1) is 14.0. The lowest BCUT2D eigenvalue weighted by Crippen LogP contribution is -2.39. The van der Waals surface area contributed by atoms with Gasteiger partial charge in [-0.1, -0.05) is 30.3 Å². The van der Waals surface area contributed by atoms with Crippen molar-refractivity contribution in [3.05, 3.63) is 71.4 Å². The normalized spacial score (nSPS) is 16.0. The molecular weight excluding hydrogens is 388 g/mol. The highest BCUT2D eigenvalue weighted by Crippen LogP contribution is 2.33. The summed E-state index contributed by atoms with van der Waals surface area (Å²) in [5.41, 5.74) is 2.75. The van der Waals surface area contributed by atoms with Crippen molar-refractivity contribution in [2.75, 3.05) is 24.6 Å². The monoisotopic (exact) mass is 410 g/mol. The molecule has 1 aliphatic rings. The number of hydrogen-bond donors (Lipinski definition) is 2. The molecule has 1 atom stereocenters. The Labute approximate surface area is 172 Å². The van der Waals surface area contributed by atoms with Crippen molar-refractivity contribution in [3.8, 4) is 0 Å². The Balaban J connectivity index is 1.85. The van der Waals surface area contributed by atoms with Gasteiger partial charge < -0.3 is 14.8 Å². The second-order valence-electron chi connectivity index (χ2n) is 7.12. The standard InChI is InChI=1S/C22H22N2O4S/c25-21(26)16-6-7-19-17(12-16)18(14-24(19)13-15-4-2-1-3-5-15)20(22(27)28)23-8-10-29-11-9-23/h1-7,12,14,20H,8-11,13H2,(H,25,26)(H,27,28)/t20-/m1/s1. The Hall–Kier alpha value is -2.77. The predicted octanol–water partition coefficient (Wildman–Crippen LogP) is 3.56. The van der Waals surface area contributed by atoms with E-state index in [0.29, 0.717) is 30.6 Å². The molecule has 6 nitrogen and oxygen atoms in total. The quantitative estimate of drug-likeness (QED) is 0.647. The number of benzene rings is 2. The fraction of sp³-hybridized carbons (Fsp3) is 0.273. The summed E-state index contributed by atoms with van der Waals surface area (Å²) in [5.74, 6) is -0.133. The van der Waals surface area contributed by atoms with Gasteiger partial charge in [-0.25, -0.2) is 4.79 Å². The van der Waals surface area contributed by atoms with E-state index >= 15 is 0 Å². The zero-order valence-corrected chi connectivity index (χ0v) is 16.6. The lowest BCUT2D eigenvalue weighted by Gasteiger charge is -2.31. The average Bonchev–Trinajstić information content (AvgIpc) is 3.07. The molecule has 0 amide bonds. The molecule has 7 heteroatoms. The second-order valence-corrected chi connectivity index (χ2v) is 8.35. The Bertz CT molecular complexity index is 1040. The lowest BCUT2D eigenvalue weighted by atomic mass is 10.0. The van der Waals surface area contributed by atoms with Gasteiger partial charge >= 0.3 is 11.9 Å². The van der Waals surface area contributed by atoms with E-state index in [2.05, 4.69) is 0 Å². The second kappa shape index (κ2) is 8.31. The molecule has 4 rings (SSSR count). The van der Waals surface area contributed by atoms with Gasteiger partial charge in [-0.2, -0.15) is 11.8 Å². The lowest BCUT2D eigenvalue weighted by molar-refractivity contribution is -0.143. The maximum Gasteiger partial charge on any atom is 0.335 e. The molecule has 1 fully saturated rings.